The Bertz CT molecular complexity index is 195. The minimum atomic E-state index is -0.201. The van der Waals surface area contributed by atoms with Crippen molar-refractivity contribution in [2.75, 3.05) is 6.54 Å². The largest absolute Gasteiger partial charge is 0.392 e. The summed E-state index contributed by atoms with van der Waals surface area (Å²) in [5.41, 5.74) is 5.93. The summed E-state index contributed by atoms with van der Waals surface area (Å²) < 4.78 is 0. The van der Waals surface area contributed by atoms with E-state index >= 15 is 0 Å². The van der Waals surface area contributed by atoms with Gasteiger partial charge >= 0.3 is 0 Å². The highest BCUT2D eigenvalue weighted by atomic mass is 16.3. The second-order valence-electron chi connectivity index (χ2n) is 5.63. The fraction of sp³-hybridized carbons (Fsp3) is 1.00. The third-order valence-corrected chi connectivity index (χ3v) is 4.21. The van der Waals surface area contributed by atoms with Crippen LogP contribution in [0.4, 0.5) is 0 Å². The first kappa shape index (κ1) is 13.0. The standard InChI is InChI=1S/C13H27NO/c1-4-5-11(3)12(15)13(9-14)7-6-10(2)8-13/h10-12,15H,4-9,14H2,1-3H3. The molecule has 2 heteroatoms. The van der Waals surface area contributed by atoms with Crippen LogP contribution in [-0.4, -0.2) is 17.8 Å². The zero-order valence-corrected chi connectivity index (χ0v) is 10.5. The molecule has 3 N–H and O–H groups in total. The van der Waals surface area contributed by atoms with Gasteiger partial charge in [-0.1, -0.05) is 33.6 Å². The molecule has 0 aromatic rings. The van der Waals surface area contributed by atoms with Crippen molar-refractivity contribution in [1.29, 1.82) is 0 Å². The molecule has 0 amide bonds. The maximum atomic E-state index is 10.4. The van der Waals surface area contributed by atoms with Gasteiger partial charge in [0.2, 0.25) is 0 Å². The smallest absolute Gasteiger partial charge is 0.0634 e. The van der Waals surface area contributed by atoms with Crippen molar-refractivity contribution >= 4 is 0 Å². The minimum Gasteiger partial charge on any atom is -0.392 e. The van der Waals surface area contributed by atoms with E-state index in [9.17, 15) is 5.11 Å². The van der Waals surface area contributed by atoms with E-state index in [4.69, 9.17) is 5.73 Å². The molecule has 0 aromatic heterocycles. The summed E-state index contributed by atoms with van der Waals surface area (Å²) in [5.74, 6) is 1.13. The topological polar surface area (TPSA) is 46.2 Å². The van der Waals surface area contributed by atoms with Gasteiger partial charge in [-0.15, -0.1) is 0 Å². The third-order valence-electron chi connectivity index (χ3n) is 4.21. The first-order chi connectivity index (χ1) is 7.05. The van der Waals surface area contributed by atoms with Gasteiger partial charge in [-0.3, -0.25) is 0 Å². The minimum absolute atomic E-state index is 0.0218. The normalized spacial score (nSPS) is 35.4. The molecule has 1 aliphatic rings. The molecular weight excluding hydrogens is 186 g/mol. The summed E-state index contributed by atoms with van der Waals surface area (Å²) >= 11 is 0. The Morgan fingerprint density at radius 3 is 2.60 bits per heavy atom. The molecule has 0 spiro atoms. The Kier molecular flexibility index (Phi) is 4.60. The second-order valence-corrected chi connectivity index (χ2v) is 5.63. The summed E-state index contributed by atoms with van der Waals surface area (Å²) in [6.45, 7) is 7.26. The van der Waals surface area contributed by atoms with E-state index in [0.29, 0.717) is 12.5 Å². The lowest BCUT2D eigenvalue weighted by atomic mass is 9.74. The van der Waals surface area contributed by atoms with Crippen LogP contribution in [0, 0.1) is 17.3 Å². The van der Waals surface area contributed by atoms with Crippen LogP contribution in [0.3, 0.4) is 0 Å². The molecule has 0 saturated heterocycles. The Hall–Kier alpha value is -0.0800. The summed E-state index contributed by atoms with van der Waals surface area (Å²) in [5, 5.41) is 10.4. The van der Waals surface area contributed by atoms with E-state index in [2.05, 4.69) is 20.8 Å². The molecule has 4 atom stereocenters. The molecular formula is C13H27NO. The highest BCUT2D eigenvalue weighted by Gasteiger charge is 2.43. The summed E-state index contributed by atoms with van der Waals surface area (Å²) in [6.07, 6.45) is 5.50. The lowest BCUT2D eigenvalue weighted by Crippen LogP contribution is -2.43. The van der Waals surface area contributed by atoms with E-state index in [0.717, 1.165) is 31.6 Å². The van der Waals surface area contributed by atoms with Gasteiger partial charge in [-0.25, -0.2) is 0 Å². The molecule has 1 rings (SSSR count). The number of hydrogen-bond acceptors (Lipinski definition) is 2. The molecule has 0 aliphatic heterocycles. The number of rotatable bonds is 5. The molecule has 1 saturated carbocycles. The number of nitrogens with two attached hydrogens (primary N) is 1. The molecule has 0 aromatic carbocycles. The van der Waals surface area contributed by atoms with Crippen molar-refractivity contribution in [1.82, 2.24) is 0 Å². The van der Waals surface area contributed by atoms with Gasteiger partial charge in [-0.05, 0) is 31.1 Å². The highest BCUT2D eigenvalue weighted by molar-refractivity contribution is 4.95. The maximum Gasteiger partial charge on any atom is 0.0634 e. The van der Waals surface area contributed by atoms with Crippen LogP contribution in [0.1, 0.15) is 52.9 Å². The molecule has 0 bridgehead atoms. The van der Waals surface area contributed by atoms with Crippen LogP contribution in [0.15, 0.2) is 0 Å². The third kappa shape index (κ3) is 2.73. The van der Waals surface area contributed by atoms with E-state index in [1.54, 1.807) is 0 Å². The fourth-order valence-corrected chi connectivity index (χ4v) is 3.22. The average Bonchev–Trinajstić information content (AvgIpc) is 2.60. The Morgan fingerprint density at radius 2 is 2.20 bits per heavy atom. The van der Waals surface area contributed by atoms with Gasteiger partial charge in [0.05, 0.1) is 6.10 Å². The molecule has 0 radical (unpaired) electrons. The Labute approximate surface area is 94.2 Å². The van der Waals surface area contributed by atoms with Crippen molar-refractivity contribution in [2.45, 2.75) is 59.0 Å². The first-order valence-corrected chi connectivity index (χ1v) is 6.44. The summed E-state index contributed by atoms with van der Waals surface area (Å²) in [4.78, 5) is 0. The molecule has 4 unspecified atom stereocenters. The van der Waals surface area contributed by atoms with E-state index in [-0.39, 0.29) is 11.5 Å². The van der Waals surface area contributed by atoms with E-state index in [1.165, 1.54) is 6.42 Å². The average molecular weight is 213 g/mol. The predicted molar refractivity (Wildman–Crippen MR) is 64.6 cm³/mol. The van der Waals surface area contributed by atoms with Gasteiger partial charge < -0.3 is 10.8 Å². The lowest BCUT2D eigenvalue weighted by molar-refractivity contribution is -0.0105. The number of hydrogen-bond donors (Lipinski definition) is 2. The number of aliphatic hydroxyl groups excluding tert-OH is 1. The number of aliphatic hydroxyl groups is 1. The van der Waals surface area contributed by atoms with Gasteiger partial charge in [-0.2, -0.15) is 0 Å². The molecule has 90 valence electrons. The van der Waals surface area contributed by atoms with Crippen LogP contribution in [0.25, 0.3) is 0 Å². The zero-order valence-electron chi connectivity index (χ0n) is 10.5. The van der Waals surface area contributed by atoms with Gasteiger partial charge in [0, 0.05) is 12.0 Å². The molecule has 1 fully saturated rings. The zero-order chi connectivity index (χ0) is 11.5. The van der Waals surface area contributed by atoms with Crippen LogP contribution in [-0.2, 0) is 0 Å². The maximum absolute atomic E-state index is 10.4. The first-order valence-electron chi connectivity index (χ1n) is 6.44. The van der Waals surface area contributed by atoms with Crippen molar-refractivity contribution in [3.8, 4) is 0 Å². The van der Waals surface area contributed by atoms with E-state index < -0.39 is 0 Å². The van der Waals surface area contributed by atoms with Crippen LogP contribution in [0.2, 0.25) is 0 Å². The quantitative estimate of drug-likeness (QED) is 0.737. The predicted octanol–water partition coefficient (Wildman–Crippen LogP) is 2.55. The van der Waals surface area contributed by atoms with Crippen molar-refractivity contribution < 1.29 is 5.11 Å². The van der Waals surface area contributed by atoms with Crippen LogP contribution >= 0.6 is 0 Å². The lowest BCUT2D eigenvalue weighted by Gasteiger charge is -2.37. The van der Waals surface area contributed by atoms with Gasteiger partial charge in [0.25, 0.3) is 0 Å². The van der Waals surface area contributed by atoms with Crippen molar-refractivity contribution in [2.24, 2.45) is 23.0 Å². The molecule has 15 heavy (non-hydrogen) atoms. The fourth-order valence-electron chi connectivity index (χ4n) is 3.22. The SMILES string of the molecule is CCCC(C)C(O)C1(CN)CCC(C)C1. The van der Waals surface area contributed by atoms with Gasteiger partial charge in [0.1, 0.15) is 0 Å². The molecule has 0 heterocycles. The van der Waals surface area contributed by atoms with E-state index in [1.807, 2.05) is 0 Å². The van der Waals surface area contributed by atoms with Gasteiger partial charge in [0.15, 0.2) is 0 Å². The monoisotopic (exact) mass is 213 g/mol. The molecule has 2 nitrogen and oxygen atoms in total. The van der Waals surface area contributed by atoms with Crippen molar-refractivity contribution in [3.05, 3.63) is 0 Å². The van der Waals surface area contributed by atoms with Crippen LogP contribution in [0.5, 0.6) is 0 Å². The Balaban J connectivity index is 2.65. The Morgan fingerprint density at radius 1 is 1.53 bits per heavy atom. The highest BCUT2D eigenvalue weighted by Crippen LogP contribution is 2.45. The summed E-state index contributed by atoms with van der Waals surface area (Å²) in [6, 6.07) is 0. The second kappa shape index (κ2) is 5.31. The molecule has 1 aliphatic carbocycles. The van der Waals surface area contributed by atoms with Crippen LogP contribution < -0.4 is 5.73 Å². The van der Waals surface area contributed by atoms with Crippen molar-refractivity contribution in [3.63, 3.8) is 0 Å². The summed E-state index contributed by atoms with van der Waals surface area (Å²) in [7, 11) is 0.